The lowest BCUT2D eigenvalue weighted by molar-refractivity contribution is -0.144. The van der Waals surface area contributed by atoms with E-state index in [1.165, 1.54) is 0 Å². The van der Waals surface area contributed by atoms with Crippen LogP contribution in [-0.2, 0) is 28.3 Å². The van der Waals surface area contributed by atoms with Crippen LogP contribution in [0.2, 0.25) is 0 Å². The van der Waals surface area contributed by atoms with Crippen molar-refractivity contribution in [3.05, 3.63) is 32.4 Å². The van der Waals surface area contributed by atoms with Crippen molar-refractivity contribution in [3.8, 4) is 0 Å². The lowest BCUT2D eigenvalue weighted by Crippen LogP contribution is -2.18. The van der Waals surface area contributed by atoms with Crippen molar-refractivity contribution in [2.24, 2.45) is 0 Å². The fraction of sp³-hybridized carbons (Fsp3) is 0.364. The zero-order valence-corrected chi connectivity index (χ0v) is 12.0. The number of benzene rings is 1. The molecule has 0 bridgehead atoms. The number of carbonyl (C=O) groups excluding carboxylic acids is 1. The van der Waals surface area contributed by atoms with E-state index in [4.69, 9.17) is 0 Å². The Morgan fingerprint density at radius 2 is 1.55 bits per heavy atom. The van der Waals surface area contributed by atoms with Crippen LogP contribution in [0.5, 0.6) is 0 Å². The van der Waals surface area contributed by atoms with E-state index < -0.39 is 45.0 Å². The molecule has 9 heteroatoms. The quantitative estimate of drug-likeness (QED) is 0.417. The zero-order valence-electron chi connectivity index (χ0n) is 9.82. The minimum Gasteiger partial charge on any atom is -0.469 e. The largest absolute Gasteiger partial charge is 0.469 e. The maximum atomic E-state index is 12.8. The van der Waals surface area contributed by atoms with Crippen LogP contribution in [-0.4, -0.2) is 13.1 Å². The van der Waals surface area contributed by atoms with E-state index in [1.807, 2.05) is 0 Å². The van der Waals surface area contributed by atoms with Gasteiger partial charge in [-0.1, -0.05) is 0 Å². The van der Waals surface area contributed by atoms with Gasteiger partial charge in [0.2, 0.25) is 0 Å². The summed E-state index contributed by atoms with van der Waals surface area (Å²) < 4.78 is 79.9. The monoisotopic (exact) mass is 412 g/mol. The van der Waals surface area contributed by atoms with E-state index in [9.17, 15) is 31.1 Å². The molecule has 0 aliphatic rings. The van der Waals surface area contributed by atoms with Crippen LogP contribution in [0.3, 0.4) is 0 Å². The molecule has 0 fully saturated rings. The first-order valence-corrected chi connectivity index (χ1v) is 6.09. The predicted molar refractivity (Wildman–Crippen MR) is 64.9 cm³/mol. The number of hydrogen-bond acceptors (Lipinski definition) is 2. The van der Waals surface area contributed by atoms with E-state index in [0.29, 0.717) is 12.1 Å². The highest BCUT2D eigenvalue weighted by atomic mass is 127. The number of alkyl halides is 6. The fourth-order valence-electron chi connectivity index (χ4n) is 1.50. The molecule has 0 spiro atoms. The van der Waals surface area contributed by atoms with Crippen molar-refractivity contribution < 1.29 is 35.9 Å². The van der Waals surface area contributed by atoms with E-state index in [2.05, 4.69) is 4.74 Å². The van der Waals surface area contributed by atoms with Crippen molar-refractivity contribution in [1.29, 1.82) is 0 Å². The second-order valence-corrected chi connectivity index (χ2v) is 4.78. The molecule has 0 amide bonds. The molecule has 1 rings (SSSR count). The summed E-state index contributed by atoms with van der Waals surface area (Å²) in [4.78, 5) is 11.1. The van der Waals surface area contributed by atoms with Gasteiger partial charge in [-0.15, -0.1) is 0 Å². The number of methoxy groups -OCH3 is 1. The van der Waals surface area contributed by atoms with Gasteiger partial charge in [-0.05, 0) is 40.3 Å². The number of esters is 1. The second-order valence-electron chi connectivity index (χ2n) is 3.70. The molecule has 0 aromatic heterocycles. The highest BCUT2D eigenvalue weighted by Crippen LogP contribution is 2.40. The SMILES string of the molecule is COC(=O)Cc1c(C(F)(F)F)ccc(C(F)(F)F)c1I. The van der Waals surface area contributed by atoms with Gasteiger partial charge in [-0.2, -0.15) is 26.3 Å². The molecule has 0 radical (unpaired) electrons. The molecule has 0 aliphatic carbocycles. The van der Waals surface area contributed by atoms with Gasteiger partial charge in [0.25, 0.3) is 0 Å². The topological polar surface area (TPSA) is 26.3 Å². The van der Waals surface area contributed by atoms with Crippen LogP contribution in [0.15, 0.2) is 12.1 Å². The summed E-state index contributed by atoms with van der Waals surface area (Å²) in [5.74, 6) is -1.05. The highest BCUT2D eigenvalue weighted by molar-refractivity contribution is 14.1. The average Bonchev–Trinajstić information content (AvgIpc) is 2.28. The van der Waals surface area contributed by atoms with Crippen LogP contribution in [0.4, 0.5) is 26.3 Å². The third-order valence-corrected chi connectivity index (χ3v) is 3.63. The first kappa shape index (κ1) is 17.1. The van der Waals surface area contributed by atoms with Crippen LogP contribution >= 0.6 is 22.6 Å². The molecule has 1 aromatic carbocycles. The van der Waals surface area contributed by atoms with Crippen LogP contribution in [0.1, 0.15) is 16.7 Å². The Hall–Kier alpha value is -1.00. The Labute approximate surface area is 123 Å². The average molecular weight is 412 g/mol. The summed E-state index contributed by atoms with van der Waals surface area (Å²) in [7, 11) is 0.941. The molecular weight excluding hydrogens is 405 g/mol. The summed E-state index contributed by atoms with van der Waals surface area (Å²) >= 11 is 1.15. The molecule has 0 unspecified atom stereocenters. The van der Waals surface area contributed by atoms with E-state index in [1.54, 1.807) is 0 Å². The highest BCUT2D eigenvalue weighted by Gasteiger charge is 2.39. The van der Waals surface area contributed by atoms with E-state index >= 15 is 0 Å². The Kier molecular flexibility index (Phi) is 4.93. The Balaban J connectivity index is 3.50. The molecule has 0 atom stereocenters. The summed E-state index contributed by atoms with van der Waals surface area (Å²) in [6.07, 6.45) is -10.5. The summed E-state index contributed by atoms with van der Waals surface area (Å²) in [6.45, 7) is 0. The zero-order chi connectivity index (χ0) is 15.7. The van der Waals surface area contributed by atoms with Crippen molar-refractivity contribution in [2.75, 3.05) is 7.11 Å². The first-order valence-electron chi connectivity index (χ1n) is 5.01. The van der Waals surface area contributed by atoms with Gasteiger partial charge in [0.15, 0.2) is 0 Å². The summed E-state index contributed by atoms with van der Waals surface area (Å²) in [5.41, 5.74) is -3.23. The molecule has 0 saturated heterocycles. The number of carbonyl (C=O) groups is 1. The van der Waals surface area contributed by atoms with Gasteiger partial charge in [-0.3, -0.25) is 4.79 Å². The molecule has 20 heavy (non-hydrogen) atoms. The molecular formula is C11H7F6IO2. The standard InChI is InChI=1S/C11H7F6IO2/c1-20-8(19)4-5-6(10(12,13)14)2-3-7(9(5)18)11(15,16)17/h2-3H,4H2,1H3. The molecule has 0 saturated carbocycles. The minimum atomic E-state index is -4.85. The predicted octanol–water partition coefficient (Wildman–Crippen LogP) is 4.04. The van der Waals surface area contributed by atoms with Gasteiger partial charge < -0.3 is 4.74 Å². The Bertz CT molecular complexity index is 521. The van der Waals surface area contributed by atoms with E-state index in [0.717, 1.165) is 29.7 Å². The number of ether oxygens (including phenoxy) is 1. The third kappa shape index (κ3) is 3.76. The van der Waals surface area contributed by atoms with Gasteiger partial charge in [0.1, 0.15) is 0 Å². The number of rotatable bonds is 2. The normalized spacial score (nSPS) is 12.4. The molecule has 112 valence electrons. The van der Waals surface area contributed by atoms with Crippen molar-refractivity contribution in [1.82, 2.24) is 0 Å². The van der Waals surface area contributed by atoms with Crippen molar-refractivity contribution in [2.45, 2.75) is 18.8 Å². The fourth-order valence-corrected chi connectivity index (χ4v) is 2.46. The minimum absolute atomic E-state index is 0.323. The summed E-state index contributed by atoms with van der Waals surface area (Å²) in [5, 5.41) is 0. The Morgan fingerprint density at radius 1 is 1.10 bits per heavy atom. The summed E-state index contributed by atoms with van der Waals surface area (Å²) in [6, 6.07) is 0.675. The third-order valence-electron chi connectivity index (χ3n) is 2.40. The molecule has 2 nitrogen and oxygen atoms in total. The van der Waals surface area contributed by atoms with Crippen molar-refractivity contribution in [3.63, 3.8) is 0 Å². The van der Waals surface area contributed by atoms with Gasteiger partial charge in [0, 0.05) is 3.57 Å². The first-order chi connectivity index (χ1) is 8.98. The van der Waals surface area contributed by atoms with Gasteiger partial charge >= 0.3 is 18.3 Å². The van der Waals surface area contributed by atoms with Crippen LogP contribution in [0.25, 0.3) is 0 Å². The lowest BCUT2D eigenvalue weighted by atomic mass is 10.0. The Morgan fingerprint density at radius 3 is 1.95 bits per heavy atom. The molecule has 0 aliphatic heterocycles. The number of hydrogen-bond donors (Lipinski definition) is 0. The lowest BCUT2D eigenvalue weighted by Gasteiger charge is -2.18. The van der Waals surface area contributed by atoms with Crippen LogP contribution in [0, 0.1) is 3.57 Å². The van der Waals surface area contributed by atoms with E-state index in [-0.39, 0.29) is 0 Å². The molecule has 0 N–H and O–H groups in total. The second kappa shape index (κ2) is 5.78. The van der Waals surface area contributed by atoms with Crippen LogP contribution < -0.4 is 0 Å². The molecule has 1 aromatic rings. The van der Waals surface area contributed by atoms with Crippen molar-refractivity contribution >= 4 is 28.6 Å². The smallest absolute Gasteiger partial charge is 0.417 e. The van der Waals surface area contributed by atoms with Gasteiger partial charge in [0.05, 0.1) is 24.7 Å². The number of halogens is 7. The maximum Gasteiger partial charge on any atom is 0.417 e. The molecule has 0 heterocycles. The maximum absolute atomic E-state index is 12.8. The van der Waals surface area contributed by atoms with Gasteiger partial charge in [-0.25, -0.2) is 0 Å².